The Kier molecular flexibility index (Phi) is 7.58. The third-order valence-corrected chi connectivity index (χ3v) is 5.59. The third-order valence-electron chi connectivity index (χ3n) is 5.00. The van der Waals surface area contributed by atoms with Crippen LogP contribution < -0.4 is 5.32 Å². The zero-order valence-electron chi connectivity index (χ0n) is 16.6. The Balaban J connectivity index is 1.66. The van der Waals surface area contributed by atoms with Crippen molar-refractivity contribution < 1.29 is 19.4 Å². The molecule has 2 amide bonds. The summed E-state index contributed by atoms with van der Waals surface area (Å²) in [5, 5.41) is 13.0. The number of amides is 2. The number of halogens is 2. The van der Waals surface area contributed by atoms with Gasteiger partial charge in [-0.05, 0) is 30.2 Å². The molecule has 1 aliphatic rings. The summed E-state index contributed by atoms with van der Waals surface area (Å²) in [6.07, 6.45) is 0.462. The Labute approximate surface area is 185 Å². The van der Waals surface area contributed by atoms with Gasteiger partial charge in [0.05, 0.1) is 19.2 Å². The number of hydrogen-bond donors (Lipinski definition) is 2. The quantitative estimate of drug-likeness (QED) is 0.608. The van der Waals surface area contributed by atoms with Crippen LogP contribution >= 0.6 is 23.2 Å². The fourth-order valence-electron chi connectivity index (χ4n) is 3.33. The van der Waals surface area contributed by atoms with E-state index in [1.807, 2.05) is 43.3 Å². The lowest BCUT2D eigenvalue weighted by Crippen LogP contribution is -2.60. The number of carboxylic acid groups (broad SMARTS) is 1. The van der Waals surface area contributed by atoms with E-state index in [4.69, 9.17) is 27.9 Å². The first-order chi connectivity index (χ1) is 14.4. The number of benzene rings is 2. The molecule has 1 aliphatic heterocycles. The van der Waals surface area contributed by atoms with E-state index in [1.165, 1.54) is 0 Å². The molecule has 160 valence electrons. The Hall–Kier alpha value is -2.28. The van der Waals surface area contributed by atoms with Gasteiger partial charge in [-0.15, -0.1) is 0 Å². The van der Waals surface area contributed by atoms with E-state index in [0.717, 1.165) is 11.1 Å². The minimum atomic E-state index is -1.03. The SMILES string of the molecule is CCCC(NC(=O)N1CC(OC(c2ccc(Cl)cc2)c2ccccc2Cl)C1)C(=O)O. The predicted molar refractivity (Wildman–Crippen MR) is 116 cm³/mol. The van der Waals surface area contributed by atoms with Gasteiger partial charge in [0, 0.05) is 15.6 Å². The lowest BCUT2D eigenvalue weighted by Gasteiger charge is -2.41. The largest absolute Gasteiger partial charge is 0.480 e. The standard InChI is InChI=1S/C22H24Cl2N2O4/c1-2-5-19(21(27)28)25-22(29)26-12-16(13-26)30-20(14-8-10-15(23)11-9-14)17-6-3-4-7-18(17)24/h3-4,6-11,16,19-20H,2,5,12-13H2,1H3,(H,25,29)(H,27,28). The molecule has 30 heavy (non-hydrogen) atoms. The van der Waals surface area contributed by atoms with Crippen LogP contribution in [0.2, 0.25) is 10.0 Å². The van der Waals surface area contributed by atoms with E-state index >= 15 is 0 Å². The van der Waals surface area contributed by atoms with Crippen molar-refractivity contribution in [3.63, 3.8) is 0 Å². The van der Waals surface area contributed by atoms with Crippen molar-refractivity contribution in [2.45, 2.75) is 38.0 Å². The van der Waals surface area contributed by atoms with E-state index in [2.05, 4.69) is 5.32 Å². The molecule has 0 saturated carbocycles. The third kappa shape index (κ3) is 5.45. The molecule has 2 N–H and O–H groups in total. The molecule has 0 bridgehead atoms. The molecule has 2 aromatic carbocycles. The summed E-state index contributed by atoms with van der Waals surface area (Å²) >= 11 is 12.4. The van der Waals surface area contributed by atoms with Crippen LogP contribution in [-0.2, 0) is 9.53 Å². The van der Waals surface area contributed by atoms with Gasteiger partial charge in [0.1, 0.15) is 12.1 Å². The number of nitrogens with zero attached hydrogens (tertiary/aromatic N) is 1. The van der Waals surface area contributed by atoms with Crippen LogP contribution in [-0.4, -0.2) is 47.2 Å². The normalized spacial score (nSPS) is 15.9. The lowest BCUT2D eigenvalue weighted by molar-refractivity contribution is -0.139. The summed E-state index contributed by atoms with van der Waals surface area (Å²) in [4.78, 5) is 25.1. The highest BCUT2D eigenvalue weighted by Crippen LogP contribution is 2.34. The second-order valence-electron chi connectivity index (χ2n) is 7.25. The second kappa shape index (κ2) is 10.2. The van der Waals surface area contributed by atoms with E-state index in [-0.39, 0.29) is 6.10 Å². The van der Waals surface area contributed by atoms with Gasteiger partial charge in [-0.25, -0.2) is 9.59 Å². The molecule has 2 aromatic rings. The predicted octanol–water partition coefficient (Wildman–Crippen LogP) is 4.75. The Bertz CT molecular complexity index is 885. The van der Waals surface area contributed by atoms with Gasteiger partial charge in [0.25, 0.3) is 0 Å². The van der Waals surface area contributed by atoms with Crippen LogP contribution in [0.4, 0.5) is 4.79 Å². The first-order valence-electron chi connectivity index (χ1n) is 9.82. The molecule has 0 aliphatic carbocycles. The number of carbonyl (C=O) groups excluding carboxylic acids is 1. The average Bonchev–Trinajstić information content (AvgIpc) is 2.68. The Morgan fingerprint density at radius 3 is 2.43 bits per heavy atom. The molecule has 1 fully saturated rings. The van der Waals surface area contributed by atoms with Crippen molar-refractivity contribution >= 4 is 35.2 Å². The molecule has 2 unspecified atom stereocenters. The highest BCUT2D eigenvalue weighted by Gasteiger charge is 2.35. The van der Waals surface area contributed by atoms with Gasteiger partial charge in [-0.2, -0.15) is 0 Å². The second-order valence-corrected chi connectivity index (χ2v) is 8.09. The number of rotatable bonds is 8. The van der Waals surface area contributed by atoms with Crippen LogP contribution in [0.15, 0.2) is 48.5 Å². The minimum absolute atomic E-state index is 0.192. The van der Waals surface area contributed by atoms with Crippen molar-refractivity contribution in [3.8, 4) is 0 Å². The molecule has 0 radical (unpaired) electrons. The Morgan fingerprint density at radius 2 is 1.83 bits per heavy atom. The van der Waals surface area contributed by atoms with Gasteiger partial charge in [-0.3, -0.25) is 0 Å². The fourth-order valence-corrected chi connectivity index (χ4v) is 3.69. The topological polar surface area (TPSA) is 78.9 Å². The van der Waals surface area contributed by atoms with Crippen molar-refractivity contribution in [3.05, 3.63) is 69.7 Å². The van der Waals surface area contributed by atoms with Crippen molar-refractivity contribution in [1.29, 1.82) is 0 Å². The summed E-state index contributed by atoms with van der Waals surface area (Å²) < 4.78 is 6.29. The van der Waals surface area contributed by atoms with Crippen LogP contribution in [0.25, 0.3) is 0 Å². The van der Waals surface area contributed by atoms with E-state index < -0.39 is 24.1 Å². The maximum Gasteiger partial charge on any atom is 0.326 e. The van der Waals surface area contributed by atoms with Gasteiger partial charge in [0.2, 0.25) is 0 Å². The van der Waals surface area contributed by atoms with E-state index in [9.17, 15) is 14.7 Å². The maximum absolute atomic E-state index is 12.3. The van der Waals surface area contributed by atoms with Gasteiger partial charge in [-0.1, -0.05) is 66.9 Å². The minimum Gasteiger partial charge on any atom is -0.480 e. The number of nitrogens with one attached hydrogen (secondary N) is 1. The molecule has 2 atom stereocenters. The monoisotopic (exact) mass is 450 g/mol. The number of carbonyl (C=O) groups is 2. The number of carboxylic acids is 1. The fraction of sp³-hybridized carbons (Fsp3) is 0.364. The van der Waals surface area contributed by atoms with E-state index in [0.29, 0.717) is 36.0 Å². The molecular formula is C22H24Cl2N2O4. The number of urea groups is 1. The number of likely N-dealkylation sites (tertiary alicyclic amines) is 1. The molecule has 3 rings (SSSR count). The number of aliphatic carboxylic acids is 1. The average molecular weight is 451 g/mol. The number of ether oxygens (including phenoxy) is 1. The zero-order valence-corrected chi connectivity index (χ0v) is 18.1. The van der Waals surface area contributed by atoms with Gasteiger partial charge < -0.3 is 20.1 Å². The van der Waals surface area contributed by atoms with Crippen LogP contribution in [0.5, 0.6) is 0 Å². The van der Waals surface area contributed by atoms with E-state index in [1.54, 1.807) is 17.0 Å². The van der Waals surface area contributed by atoms with Crippen LogP contribution in [0, 0.1) is 0 Å². The van der Waals surface area contributed by atoms with Crippen LogP contribution in [0.1, 0.15) is 37.0 Å². The smallest absolute Gasteiger partial charge is 0.326 e. The highest BCUT2D eigenvalue weighted by molar-refractivity contribution is 6.31. The molecule has 0 aromatic heterocycles. The molecule has 8 heteroatoms. The molecular weight excluding hydrogens is 427 g/mol. The van der Waals surface area contributed by atoms with Crippen molar-refractivity contribution in [1.82, 2.24) is 10.2 Å². The first-order valence-corrected chi connectivity index (χ1v) is 10.6. The first kappa shape index (κ1) is 22.4. The van der Waals surface area contributed by atoms with Gasteiger partial charge in [0.15, 0.2) is 0 Å². The summed E-state index contributed by atoms with van der Waals surface area (Å²) in [5.74, 6) is -1.03. The lowest BCUT2D eigenvalue weighted by atomic mass is 10.0. The Morgan fingerprint density at radius 1 is 1.17 bits per heavy atom. The molecule has 1 heterocycles. The maximum atomic E-state index is 12.3. The molecule has 6 nitrogen and oxygen atoms in total. The molecule has 1 saturated heterocycles. The highest BCUT2D eigenvalue weighted by atomic mass is 35.5. The van der Waals surface area contributed by atoms with Crippen molar-refractivity contribution in [2.24, 2.45) is 0 Å². The summed E-state index contributed by atoms with van der Waals surface area (Å²) in [6.45, 7) is 2.62. The summed E-state index contributed by atoms with van der Waals surface area (Å²) in [6, 6.07) is 13.6. The molecule has 0 spiro atoms. The zero-order chi connectivity index (χ0) is 21.7. The summed E-state index contributed by atoms with van der Waals surface area (Å²) in [7, 11) is 0. The summed E-state index contributed by atoms with van der Waals surface area (Å²) in [5.41, 5.74) is 1.74. The van der Waals surface area contributed by atoms with Crippen LogP contribution in [0.3, 0.4) is 0 Å². The van der Waals surface area contributed by atoms with Crippen molar-refractivity contribution in [2.75, 3.05) is 13.1 Å². The van der Waals surface area contributed by atoms with Gasteiger partial charge >= 0.3 is 12.0 Å². The number of hydrogen-bond acceptors (Lipinski definition) is 3.